The molecule has 0 spiro atoms. The maximum Gasteiger partial charge on any atom is 0.317 e. The SMILES string of the molecule is CSC1(CNC(=O)N2CCC(CCC(=O)O)C2)CCCC1. The number of carbonyl (C=O) groups is 2. The van der Waals surface area contributed by atoms with Crippen LogP contribution in [0.1, 0.15) is 44.9 Å². The number of aliphatic carboxylic acids is 1. The Bertz CT molecular complexity index is 383. The standard InChI is InChI=1S/C15H26N2O3S/c1-21-15(7-2-3-8-15)11-16-14(20)17-9-6-12(10-17)4-5-13(18)19/h12H,2-11H2,1H3,(H,16,20)(H,18,19). The number of likely N-dealkylation sites (tertiary alicyclic amines) is 1. The Morgan fingerprint density at radius 3 is 2.71 bits per heavy atom. The molecule has 120 valence electrons. The quantitative estimate of drug-likeness (QED) is 0.790. The van der Waals surface area contributed by atoms with E-state index >= 15 is 0 Å². The first kappa shape index (κ1) is 16.5. The zero-order valence-corrected chi connectivity index (χ0v) is 13.6. The van der Waals surface area contributed by atoms with Gasteiger partial charge in [0.2, 0.25) is 0 Å². The molecule has 1 aliphatic heterocycles. The largest absolute Gasteiger partial charge is 0.481 e. The van der Waals surface area contributed by atoms with Crippen molar-refractivity contribution >= 4 is 23.8 Å². The molecule has 2 aliphatic rings. The van der Waals surface area contributed by atoms with Crippen LogP contribution in [0.25, 0.3) is 0 Å². The minimum absolute atomic E-state index is 0.0214. The number of carboxylic acids is 1. The third kappa shape index (κ3) is 4.53. The van der Waals surface area contributed by atoms with Gasteiger partial charge >= 0.3 is 12.0 Å². The van der Waals surface area contributed by atoms with E-state index in [1.54, 1.807) is 0 Å². The van der Waals surface area contributed by atoms with Crippen LogP contribution < -0.4 is 5.32 Å². The van der Waals surface area contributed by atoms with Gasteiger partial charge in [-0.3, -0.25) is 4.79 Å². The van der Waals surface area contributed by atoms with Gasteiger partial charge in [-0.15, -0.1) is 0 Å². The topological polar surface area (TPSA) is 69.6 Å². The summed E-state index contributed by atoms with van der Waals surface area (Å²) in [4.78, 5) is 24.7. The molecular weight excluding hydrogens is 288 g/mol. The Labute approximate surface area is 130 Å². The van der Waals surface area contributed by atoms with Crippen molar-refractivity contribution in [3.05, 3.63) is 0 Å². The third-order valence-electron chi connectivity index (χ3n) is 4.85. The van der Waals surface area contributed by atoms with Crippen molar-refractivity contribution in [1.82, 2.24) is 10.2 Å². The van der Waals surface area contributed by atoms with Crippen LogP contribution in [0.5, 0.6) is 0 Å². The minimum Gasteiger partial charge on any atom is -0.481 e. The van der Waals surface area contributed by atoms with E-state index < -0.39 is 5.97 Å². The maximum absolute atomic E-state index is 12.2. The number of thioether (sulfide) groups is 1. The van der Waals surface area contributed by atoms with Crippen LogP contribution in [0.3, 0.4) is 0 Å². The Kier molecular flexibility index (Phi) is 5.79. The van der Waals surface area contributed by atoms with Crippen molar-refractivity contribution < 1.29 is 14.7 Å². The minimum atomic E-state index is -0.749. The fourth-order valence-electron chi connectivity index (χ4n) is 3.40. The smallest absolute Gasteiger partial charge is 0.317 e. The molecule has 5 nitrogen and oxygen atoms in total. The number of hydrogen-bond donors (Lipinski definition) is 2. The van der Waals surface area contributed by atoms with E-state index in [0.717, 1.165) is 19.5 Å². The van der Waals surface area contributed by atoms with E-state index in [4.69, 9.17) is 5.11 Å². The van der Waals surface area contributed by atoms with Gasteiger partial charge in [0.05, 0.1) is 0 Å². The zero-order chi connectivity index (χ0) is 15.3. The zero-order valence-electron chi connectivity index (χ0n) is 12.8. The fourth-order valence-corrected chi connectivity index (χ4v) is 4.31. The Balaban J connectivity index is 1.73. The van der Waals surface area contributed by atoms with Crippen LogP contribution in [-0.2, 0) is 4.79 Å². The van der Waals surface area contributed by atoms with Crippen LogP contribution >= 0.6 is 11.8 Å². The molecule has 2 N–H and O–H groups in total. The summed E-state index contributed by atoms with van der Waals surface area (Å²) in [7, 11) is 0. The monoisotopic (exact) mass is 314 g/mol. The first-order valence-electron chi connectivity index (χ1n) is 7.84. The Morgan fingerprint density at radius 1 is 1.38 bits per heavy atom. The van der Waals surface area contributed by atoms with E-state index in [-0.39, 0.29) is 17.2 Å². The average molecular weight is 314 g/mol. The number of rotatable bonds is 6. The lowest BCUT2D eigenvalue weighted by molar-refractivity contribution is -0.137. The molecule has 6 heteroatoms. The number of nitrogens with zero attached hydrogens (tertiary/aromatic N) is 1. The molecule has 1 unspecified atom stereocenters. The molecule has 2 rings (SSSR count). The molecule has 1 heterocycles. The number of amides is 2. The van der Waals surface area contributed by atoms with E-state index in [2.05, 4.69) is 11.6 Å². The second-order valence-electron chi connectivity index (χ2n) is 6.29. The number of nitrogens with one attached hydrogen (secondary N) is 1. The van der Waals surface area contributed by atoms with Crippen molar-refractivity contribution in [3.8, 4) is 0 Å². The van der Waals surface area contributed by atoms with E-state index in [1.165, 1.54) is 25.7 Å². The van der Waals surface area contributed by atoms with Crippen LogP contribution in [0, 0.1) is 5.92 Å². The van der Waals surface area contributed by atoms with Crippen LogP contribution in [-0.4, -0.2) is 52.6 Å². The molecule has 1 saturated heterocycles. The lowest BCUT2D eigenvalue weighted by atomic mass is 10.0. The van der Waals surface area contributed by atoms with Crippen molar-refractivity contribution in [1.29, 1.82) is 0 Å². The predicted molar refractivity (Wildman–Crippen MR) is 84.7 cm³/mol. The Hall–Kier alpha value is -0.910. The van der Waals surface area contributed by atoms with Gasteiger partial charge in [0.15, 0.2) is 0 Å². The summed E-state index contributed by atoms with van der Waals surface area (Å²) in [6.45, 7) is 2.21. The van der Waals surface area contributed by atoms with Crippen molar-refractivity contribution in [2.24, 2.45) is 5.92 Å². The molecule has 2 amide bonds. The molecule has 1 aliphatic carbocycles. The van der Waals surface area contributed by atoms with Crippen molar-refractivity contribution in [2.45, 2.75) is 49.7 Å². The lowest BCUT2D eigenvalue weighted by Crippen LogP contribution is -2.44. The van der Waals surface area contributed by atoms with Gasteiger partial charge in [0.1, 0.15) is 0 Å². The molecule has 1 atom stereocenters. The number of urea groups is 1. The maximum atomic E-state index is 12.2. The molecule has 2 fully saturated rings. The molecule has 0 aromatic carbocycles. The van der Waals surface area contributed by atoms with Crippen LogP contribution in [0.2, 0.25) is 0 Å². The molecule has 0 aromatic rings. The highest BCUT2D eigenvalue weighted by atomic mass is 32.2. The molecule has 0 aromatic heterocycles. The molecule has 21 heavy (non-hydrogen) atoms. The summed E-state index contributed by atoms with van der Waals surface area (Å²) in [5.41, 5.74) is 0. The fraction of sp³-hybridized carbons (Fsp3) is 0.867. The first-order valence-corrected chi connectivity index (χ1v) is 9.07. The lowest BCUT2D eigenvalue weighted by Gasteiger charge is -2.28. The summed E-state index contributed by atoms with van der Waals surface area (Å²) in [6, 6.07) is 0.0214. The van der Waals surface area contributed by atoms with Crippen molar-refractivity contribution in [2.75, 3.05) is 25.9 Å². The molecular formula is C15H26N2O3S. The highest BCUT2D eigenvalue weighted by Crippen LogP contribution is 2.39. The second kappa shape index (κ2) is 7.38. The average Bonchev–Trinajstić information content (AvgIpc) is 3.12. The summed E-state index contributed by atoms with van der Waals surface area (Å²) in [6.07, 6.45) is 8.84. The van der Waals surface area contributed by atoms with Crippen molar-refractivity contribution in [3.63, 3.8) is 0 Å². The van der Waals surface area contributed by atoms with Gasteiger partial charge < -0.3 is 15.3 Å². The first-order chi connectivity index (χ1) is 10.0. The van der Waals surface area contributed by atoms with Gasteiger partial charge in [-0.2, -0.15) is 11.8 Å². The number of hydrogen-bond acceptors (Lipinski definition) is 3. The van der Waals surface area contributed by atoms with Gasteiger partial charge in [-0.05, 0) is 37.9 Å². The third-order valence-corrected chi connectivity index (χ3v) is 6.27. The Morgan fingerprint density at radius 2 is 2.10 bits per heavy atom. The normalized spacial score (nSPS) is 24.2. The number of carboxylic acid groups (broad SMARTS) is 1. The summed E-state index contributed by atoms with van der Waals surface area (Å²) < 4.78 is 0.234. The predicted octanol–water partition coefficient (Wildman–Crippen LogP) is 2.56. The highest BCUT2D eigenvalue weighted by Gasteiger charge is 2.34. The highest BCUT2D eigenvalue weighted by molar-refractivity contribution is 8.00. The van der Waals surface area contributed by atoms with E-state index in [1.807, 2.05) is 16.7 Å². The molecule has 0 radical (unpaired) electrons. The van der Waals surface area contributed by atoms with E-state index in [9.17, 15) is 9.59 Å². The number of carbonyl (C=O) groups excluding carboxylic acids is 1. The summed E-state index contributed by atoms with van der Waals surface area (Å²) in [5.74, 6) is -0.408. The molecule has 1 saturated carbocycles. The van der Waals surface area contributed by atoms with Gasteiger partial charge in [0.25, 0.3) is 0 Å². The summed E-state index contributed by atoms with van der Waals surface area (Å²) in [5, 5.41) is 11.8. The van der Waals surface area contributed by atoms with Crippen LogP contribution in [0.4, 0.5) is 4.79 Å². The molecule has 0 bridgehead atoms. The van der Waals surface area contributed by atoms with Gasteiger partial charge in [0, 0.05) is 30.8 Å². The second-order valence-corrected chi connectivity index (χ2v) is 7.56. The van der Waals surface area contributed by atoms with Gasteiger partial charge in [-0.1, -0.05) is 12.8 Å². The van der Waals surface area contributed by atoms with Gasteiger partial charge in [-0.25, -0.2) is 4.79 Å². The summed E-state index contributed by atoms with van der Waals surface area (Å²) >= 11 is 1.88. The van der Waals surface area contributed by atoms with Crippen LogP contribution in [0.15, 0.2) is 0 Å². The van der Waals surface area contributed by atoms with E-state index in [0.29, 0.717) is 18.9 Å².